The number of carbonyl (C=O) groups is 1. The molecule has 158 valence electrons. The molecule has 0 unspecified atom stereocenters. The molecule has 3 N–H and O–H groups in total. The molecular weight excluding hydrogens is 406 g/mol. The van der Waals surface area contributed by atoms with Crippen LogP contribution in [0.2, 0.25) is 0 Å². The van der Waals surface area contributed by atoms with Gasteiger partial charge in [-0.3, -0.25) is 9.59 Å². The van der Waals surface area contributed by atoms with Gasteiger partial charge in [-0.05, 0) is 44.5 Å². The van der Waals surface area contributed by atoms with Gasteiger partial charge in [0, 0.05) is 23.0 Å². The number of hydrogen-bond acceptors (Lipinski definition) is 6. The van der Waals surface area contributed by atoms with E-state index < -0.39 is 0 Å². The molecule has 2 aromatic heterocycles. The first-order chi connectivity index (χ1) is 14.1. The molecule has 10 heteroatoms. The molecule has 3 aromatic rings. The van der Waals surface area contributed by atoms with Crippen LogP contribution in [0.15, 0.2) is 41.3 Å². The lowest BCUT2D eigenvalue weighted by molar-refractivity contribution is 0.102. The van der Waals surface area contributed by atoms with Gasteiger partial charge in [-0.1, -0.05) is 24.3 Å². The van der Waals surface area contributed by atoms with Crippen LogP contribution in [0, 0.1) is 0 Å². The summed E-state index contributed by atoms with van der Waals surface area (Å²) >= 11 is 0. The van der Waals surface area contributed by atoms with Crippen molar-refractivity contribution in [2.75, 3.05) is 18.4 Å². The Hall–Kier alpha value is -3.04. The topological polar surface area (TPSA) is 118 Å². The first-order valence-electron chi connectivity index (χ1n) is 9.77. The van der Waals surface area contributed by atoms with Crippen LogP contribution in [0.1, 0.15) is 42.0 Å². The smallest absolute Gasteiger partial charge is 0.277 e. The number of benzene rings is 1. The molecule has 4 rings (SSSR count). The van der Waals surface area contributed by atoms with E-state index in [-0.39, 0.29) is 35.6 Å². The number of piperidine rings is 1. The molecule has 0 aliphatic carbocycles. The predicted molar refractivity (Wildman–Crippen MR) is 116 cm³/mol. The van der Waals surface area contributed by atoms with Gasteiger partial charge in [-0.2, -0.15) is 0 Å². The van der Waals surface area contributed by atoms with Gasteiger partial charge in [-0.15, -0.1) is 17.5 Å². The maximum atomic E-state index is 12.6. The van der Waals surface area contributed by atoms with E-state index >= 15 is 0 Å². The highest BCUT2D eigenvalue weighted by Crippen LogP contribution is 2.20. The van der Waals surface area contributed by atoms with Gasteiger partial charge in [0.25, 0.3) is 11.5 Å². The number of anilines is 1. The van der Waals surface area contributed by atoms with E-state index in [1.54, 1.807) is 29.1 Å². The van der Waals surface area contributed by atoms with Crippen LogP contribution < -0.4 is 16.2 Å². The number of nitrogens with zero attached hydrogens (tertiary/aromatic N) is 4. The number of amides is 1. The second-order valence-electron chi connectivity index (χ2n) is 7.04. The minimum Gasteiger partial charge on any atom is -0.321 e. The third-order valence-electron chi connectivity index (χ3n) is 4.98. The van der Waals surface area contributed by atoms with Gasteiger partial charge < -0.3 is 15.6 Å². The van der Waals surface area contributed by atoms with Crippen LogP contribution in [-0.2, 0) is 6.42 Å². The van der Waals surface area contributed by atoms with Crippen molar-refractivity contribution in [3.05, 3.63) is 58.3 Å². The number of halogens is 1. The molecule has 3 heterocycles. The lowest BCUT2D eigenvalue weighted by atomic mass is 10.1. The molecule has 0 spiro atoms. The molecule has 30 heavy (non-hydrogen) atoms. The summed E-state index contributed by atoms with van der Waals surface area (Å²) < 4.78 is 1.77. The summed E-state index contributed by atoms with van der Waals surface area (Å²) in [5.74, 6) is 0.147. The van der Waals surface area contributed by atoms with Crippen LogP contribution >= 0.6 is 12.4 Å². The van der Waals surface area contributed by atoms with Crippen molar-refractivity contribution in [3.8, 4) is 11.4 Å². The van der Waals surface area contributed by atoms with Crippen molar-refractivity contribution >= 4 is 24.0 Å². The molecular formula is C20H24ClN7O2. The highest BCUT2D eigenvalue weighted by Gasteiger charge is 2.19. The van der Waals surface area contributed by atoms with Gasteiger partial charge in [0.1, 0.15) is 5.82 Å². The van der Waals surface area contributed by atoms with Crippen LogP contribution in [0.25, 0.3) is 11.4 Å². The molecule has 1 aliphatic heterocycles. The number of H-pyrrole nitrogens is 1. The fraction of sp³-hybridized carbons (Fsp3) is 0.350. The molecule has 0 atom stereocenters. The third-order valence-corrected chi connectivity index (χ3v) is 4.98. The van der Waals surface area contributed by atoms with Gasteiger partial charge in [0.05, 0.1) is 12.2 Å². The molecule has 0 saturated carbocycles. The lowest BCUT2D eigenvalue weighted by Crippen LogP contribution is -2.29. The van der Waals surface area contributed by atoms with Crippen molar-refractivity contribution in [3.63, 3.8) is 0 Å². The average molecular weight is 430 g/mol. The molecule has 1 aliphatic rings. The molecule has 9 nitrogen and oxygen atoms in total. The van der Waals surface area contributed by atoms with Gasteiger partial charge in [0.15, 0.2) is 5.69 Å². The number of hydrogen-bond donors (Lipinski definition) is 3. The second kappa shape index (κ2) is 9.64. The molecule has 1 aromatic carbocycles. The lowest BCUT2D eigenvalue weighted by Gasteiger charge is -2.22. The number of aromatic nitrogens is 5. The van der Waals surface area contributed by atoms with E-state index in [4.69, 9.17) is 0 Å². The number of carbonyl (C=O) groups excluding carboxylic acids is 1. The first kappa shape index (κ1) is 21.7. The zero-order chi connectivity index (χ0) is 20.2. The Balaban J connectivity index is 0.00000256. The van der Waals surface area contributed by atoms with E-state index in [2.05, 4.69) is 30.9 Å². The SMILES string of the molecule is CCc1cc(=O)[nH]c(-c2cccc(NC(=O)c3cn(C4CCNCC4)nn3)c2)n1.Cl. The Morgan fingerprint density at radius 2 is 2.07 bits per heavy atom. The minimum absolute atomic E-state index is 0. The van der Waals surface area contributed by atoms with E-state index in [1.807, 2.05) is 13.0 Å². The van der Waals surface area contributed by atoms with E-state index in [0.717, 1.165) is 25.9 Å². The maximum Gasteiger partial charge on any atom is 0.277 e. The summed E-state index contributed by atoms with van der Waals surface area (Å²) in [6, 6.07) is 8.94. The Morgan fingerprint density at radius 3 is 2.83 bits per heavy atom. The summed E-state index contributed by atoms with van der Waals surface area (Å²) in [5.41, 5.74) is 2.10. The number of rotatable bonds is 5. The van der Waals surface area contributed by atoms with Crippen molar-refractivity contribution in [2.45, 2.75) is 32.2 Å². The summed E-state index contributed by atoms with van der Waals surface area (Å²) in [5, 5.41) is 14.3. The van der Waals surface area contributed by atoms with Crippen LogP contribution in [0.5, 0.6) is 0 Å². The van der Waals surface area contributed by atoms with Gasteiger partial charge >= 0.3 is 0 Å². The van der Waals surface area contributed by atoms with Gasteiger partial charge in [0.2, 0.25) is 0 Å². The Bertz CT molecular complexity index is 1070. The molecule has 1 saturated heterocycles. The number of aryl methyl sites for hydroxylation is 1. The Morgan fingerprint density at radius 1 is 1.27 bits per heavy atom. The largest absolute Gasteiger partial charge is 0.321 e. The van der Waals surface area contributed by atoms with E-state index in [0.29, 0.717) is 29.2 Å². The number of nitrogens with one attached hydrogen (secondary N) is 3. The fourth-order valence-corrected chi connectivity index (χ4v) is 3.40. The average Bonchev–Trinajstić information content (AvgIpc) is 3.25. The van der Waals surface area contributed by atoms with Crippen molar-refractivity contribution in [2.24, 2.45) is 0 Å². The second-order valence-corrected chi connectivity index (χ2v) is 7.04. The van der Waals surface area contributed by atoms with Crippen molar-refractivity contribution < 1.29 is 4.79 Å². The quantitative estimate of drug-likeness (QED) is 0.572. The van der Waals surface area contributed by atoms with Crippen molar-refractivity contribution in [1.82, 2.24) is 30.3 Å². The van der Waals surface area contributed by atoms with Crippen LogP contribution in [-0.4, -0.2) is 44.0 Å². The monoisotopic (exact) mass is 429 g/mol. The minimum atomic E-state index is -0.328. The third kappa shape index (κ3) is 4.92. The normalized spacial score (nSPS) is 14.2. The Kier molecular flexibility index (Phi) is 6.96. The fourth-order valence-electron chi connectivity index (χ4n) is 3.40. The zero-order valence-electron chi connectivity index (χ0n) is 16.6. The van der Waals surface area contributed by atoms with E-state index in [9.17, 15) is 9.59 Å². The highest BCUT2D eigenvalue weighted by atomic mass is 35.5. The molecule has 0 bridgehead atoms. The van der Waals surface area contributed by atoms with Crippen LogP contribution in [0.4, 0.5) is 5.69 Å². The van der Waals surface area contributed by atoms with Crippen LogP contribution in [0.3, 0.4) is 0 Å². The zero-order valence-corrected chi connectivity index (χ0v) is 17.4. The molecule has 1 fully saturated rings. The Labute approximate surface area is 179 Å². The van der Waals surface area contributed by atoms with E-state index in [1.165, 1.54) is 6.07 Å². The summed E-state index contributed by atoms with van der Waals surface area (Å²) in [7, 11) is 0. The van der Waals surface area contributed by atoms with Gasteiger partial charge in [-0.25, -0.2) is 9.67 Å². The standard InChI is InChI=1S/C20H23N7O2.ClH/c1-2-14-11-18(28)24-19(22-14)13-4-3-5-15(10-13)23-20(29)17-12-27(26-25-17)16-6-8-21-9-7-16;/h3-5,10-12,16,21H,2,6-9H2,1H3,(H,23,29)(H,22,24,28);1H. The summed E-state index contributed by atoms with van der Waals surface area (Å²) in [6.45, 7) is 3.82. The predicted octanol–water partition coefficient (Wildman–Crippen LogP) is 2.19. The number of aromatic amines is 1. The summed E-state index contributed by atoms with van der Waals surface area (Å²) in [4.78, 5) is 31.6. The molecule has 0 radical (unpaired) electrons. The maximum absolute atomic E-state index is 12.6. The van der Waals surface area contributed by atoms with Crippen molar-refractivity contribution in [1.29, 1.82) is 0 Å². The molecule has 1 amide bonds. The highest BCUT2D eigenvalue weighted by molar-refractivity contribution is 6.02. The first-order valence-corrected chi connectivity index (χ1v) is 9.77. The summed E-state index contributed by atoms with van der Waals surface area (Å²) in [6.07, 6.45) is 4.29.